The maximum Gasteiger partial charge on any atom is 0.224 e. The van der Waals surface area contributed by atoms with Gasteiger partial charge >= 0.3 is 0 Å². The van der Waals surface area contributed by atoms with Gasteiger partial charge in [0.1, 0.15) is 0 Å². The fraction of sp³-hybridized carbons (Fsp3) is 0.529. The van der Waals surface area contributed by atoms with Gasteiger partial charge in [-0.05, 0) is 37.5 Å². The molecule has 0 aliphatic carbocycles. The molecule has 4 heteroatoms. The first kappa shape index (κ1) is 15.5. The minimum Gasteiger partial charge on any atom is -0.372 e. The molecule has 1 aromatic rings. The second-order valence-corrected chi connectivity index (χ2v) is 5.46. The molecular formula is C17H24N2O2. The lowest BCUT2D eigenvalue weighted by Crippen LogP contribution is -2.29. The zero-order chi connectivity index (χ0) is 15.2. The Morgan fingerprint density at radius 1 is 1.10 bits per heavy atom. The summed E-state index contributed by atoms with van der Waals surface area (Å²) >= 11 is 0. The van der Waals surface area contributed by atoms with Gasteiger partial charge in [-0.3, -0.25) is 9.59 Å². The number of hydrogen-bond acceptors (Lipinski definition) is 3. The lowest BCUT2D eigenvalue weighted by atomic mass is 10.0. The van der Waals surface area contributed by atoms with Crippen LogP contribution in [0.4, 0.5) is 11.4 Å². The molecule has 1 aliphatic rings. The topological polar surface area (TPSA) is 49.4 Å². The third kappa shape index (κ3) is 3.84. The van der Waals surface area contributed by atoms with Gasteiger partial charge in [0.25, 0.3) is 0 Å². The number of carbonyl (C=O) groups excluding carboxylic acids is 2. The van der Waals surface area contributed by atoms with Crippen LogP contribution >= 0.6 is 0 Å². The van der Waals surface area contributed by atoms with E-state index in [9.17, 15) is 9.59 Å². The van der Waals surface area contributed by atoms with E-state index in [1.54, 1.807) is 6.92 Å². The van der Waals surface area contributed by atoms with Crippen molar-refractivity contribution in [2.75, 3.05) is 23.3 Å². The highest BCUT2D eigenvalue weighted by atomic mass is 16.1. The summed E-state index contributed by atoms with van der Waals surface area (Å²) in [6, 6.07) is 5.80. The highest BCUT2D eigenvalue weighted by Gasteiger charge is 2.16. The fourth-order valence-electron chi connectivity index (χ4n) is 2.65. The van der Waals surface area contributed by atoms with Gasteiger partial charge in [-0.25, -0.2) is 0 Å². The minimum absolute atomic E-state index is 0.0640. The van der Waals surface area contributed by atoms with E-state index in [-0.39, 0.29) is 11.7 Å². The first-order chi connectivity index (χ1) is 10.2. The molecule has 1 aliphatic heterocycles. The SMILES string of the molecule is CCC(=O)Nc1ccc(N2CCCCC2)cc1C(=O)CC. The number of piperidine rings is 1. The lowest BCUT2D eigenvalue weighted by Gasteiger charge is -2.29. The maximum atomic E-state index is 12.2. The number of amides is 1. The third-order valence-electron chi connectivity index (χ3n) is 3.94. The quantitative estimate of drug-likeness (QED) is 0.842. The largest absolute Gasteiger partial charge is 0.372 e. The van der Waals surface area contributed by atoms with E-state index in [1.807, 2.05) is 25.1 Å². The summed E-state index contributed by atoms with van der Waals surface area (Å²) < 4.78 is 0. The molecule has 1 fully saturated rings. The van der Waals surface area contributed by atoms with Gasteiger partial charge in [-0.2, -0.15) is 0 Å². The van der Waals surface area contributed by atoms with Crippen molar-refractivity contribution in [2.24, 2.45) is 0 Å². The molecule has 0 bridgehead atoms. The second kappa shape index (κ2) is 7.25. The molecule has 0 radical (unpaired) electrons. The smallest absolute Gasteiger partial charge is 0.224 e. The summed E-state index contributed by atoms with van der Waals surface area (Å²) in [6.45, 7) is 5.74. The molecule has 1 amide bonds. The van der Waals surface area contributed by atoms with E-state index >= 15 is 0 Å². The van der Waals surface area contributed by atoms with Crippen LogP contribution in [0.25, 0.3) is 0 Å². The number of nitrogens with zero attached hydrogens (tertiary/aromatic N) is 1. The predicted octanol–water partition coefficient (Wildman–Crippen LogP) is 3.62. The van der Waals surface area contributed by atoms with Gasteiger partial charge in [0.05, 0.1) is 5.69 Å². The normalized spacial score (nSPS) is 14.9. The summed E-state index contributed by atoms with van der Waals surface area (Å²) in [7, 11) is 0. The lowest BCUT2D eigenvalue weighted by molar-refractivity contribution is -0.115. The van der Waals surface area contributed by atoms with E-state index in [0.29, 0.717) is 24.1 Å². The van der Waals surface area contributed by atoms with Crippen molar-refractivity contribution in [3.05, 3.63) is 23.8 Å². The standard InChI is InChI=1S/C17H24N2O2/c1-3-16(20)14-12-13(19-10-6-5-7-11-19)8-9-15(14)18-17(21)4-2/h8-9,12H,3-7,10-11H2,1-2H3,(H,18,21). The molecule has 1 saturated heterocycles. The molecule has 1 aromatic carbocycles. The molecule has 0 unspecified atom stereocenters. The van der Waals surface area contributed by atoms with Crippen LogP contribution in [0.5, 0.6) is 0 Å². The summed E-state index contributed by atoms with van der Waals surface area (Å²) in [6.07, 6.45) is 4.53. The monoisotopic (exact) mass is 288 g/mol. The zero-order valence-corrected chi connectivity index (χ0v) is 12.9. The number of Topliss-reactive ketones (excluding diaryl/α,β-unsaturated/α-hetero) is 1. The highest BCUT2D eigenvalue weighted by Crippen LogP contribution is 2.27. The summed E-state index contributed by atoms with van der Waals surface area (Å²) in [5.74, 6) is 0.00568. The second-order valence-electron chi connectivity index (χ2n) is 5.46. The van der Waals surface area contributed by atoms with Crippen LogP contribution in [0, 0.1) is 0 Å². The molecule has 0 saturated carbocycles. The first-order valence-electron chi connectivity index (χ1n) is 7.87. The fourth-order valence-corrected chi connectivity index (χ4v) is 2.65. The molecule has 0 aromatic heterocycles. The molecular weight excluding hydrogens is 264 g/mol. The van der Waals surface area contributed by atoms with Crippen molar-refractivity contribution < 1.29 is 9.59 Å². The number of nitrogens with one attached hydrogen (secondary N) is 1. The molecule has 0 atom stereocenters. The van der Waals surface area contributed by atoms with Crippen LogP contribution < -0.4 is 10.2 Å². The summed E-state index contributed by atoms with van der Waals surface area (Å²) in [5.41, 5.74) is 2.35. The number of carbonyl (C=O) groups is 2. The van der Waals surface area contributed by atoms with Crippen LogP contribution in [0.3, 0.4) is 0 Å². The summed E-state index contributed by atoms with van der Waals surface area (Å²) in [4.78, 5) is 26.1. The van der Waals surface area contributed by atoms with Gasteiger partial charge in [0.2, 0.25) is 5.91 Å². The Bertz CT molecular complexity index is 520. The number of hydrogen-bond donors (Lipinski definition) is 1. The Hall–Kier alpha value is -1.84. The van der Waals surface area contributed by atoms with Crippen LogP contribution in [0.15, 0.2) is 18.2 Å². The van der Waals surface area contributed by atoms with E-state index < -0.39 is 0 Å². The van der Waals surface area contributed by atoms with E-state index in [4.69, 9.17) is 0 Å². The number of ketones is 1. The minimum atomic E-state index is -0.0640. The Balaban J connectivity index is 2.29. The Morgan fingerprint density at radius 2 is 1.81 bits per heavy atom. The van der Waals surface area contributed by atoms with Crippen molar-refractivity contribution in [1.29, 1.82) is 0 Å². The predicted molar refractivity (Wildman–Crippen MR) is 86.0 cm³/mol. The Labute approximate surface area is 126 Å². The van der Waals surface area contributed by atoms with E-state index in [0.717, 1.165) is 18.8 Å². The number of rotatable bonds is 5. The zero-order valence-electron chi connectivity index (χ0n) is 12.9. The van der Waals surface area contributed by atoms with E-state index in [1.165, 1.54) is 19.3 Å². The van der Waals surface area contributed by atoms with Crippen molar-refractivity contribution in [3.8, 4) is 0 Å². The highest BCUT2D eigenvalue weighted by molar-refractivity contribution is 6.05. The average Bonchev–Trinajstić information content (AvgIpc) is 2.55. The van der Waals surface area contributed by atoms with Gasteiger partial charge in [0, 0.05) is 37.2 Å². The molecule has 21 heavy (non-hydrogen) atoms. The Morgan fingerprint density at radius 3 is 2.43 bits per heavy atom. The van der Waals surface area contributed by atoms with Crippen LogP contribution in [-0.4, -0.2) is 24.8 Å². The third-order valence-corrected chi connectivity index (χ3v) is 3.94. The maximum absolute atomic E-state index is 12.2. The van der Waals surface area contributed by atoms with Gasteiger partial charge < -0.3 is 10.2 Å². The van der Waals surface area contributed by atoms with Crippen molar-refractivity contribution >= 4 is 23.1 Å². The average molecular weight is 288 g/mol. The molecule has 1 heterocycles. The number of benzene rings is 1. The number of anilines is 2. The van der Waals surface area contributed by atoms with Gasteiger partial charge in [0.15, 0.2) is 5.78 Å². The van der Waals surface area contributed by atoms with Gasteiger partial charge in [-0.1, -0.05) is 13.8 Å². The summed E-state index contributed by atoms with van der Waals surface area (Å²) in [5, 5.41) is 2.83. The van der Waals surface area contributed by atoms with Crippen LogP contribution in [0.1, 0.15) is 56.3 Å². The van der Waals surface area contributed by atoms with Crippen LogP contribution in [0.2, 0.25) is 0 Å². The van der Waals surface area contributed by atoms with Crippen LogP contribution in [-0.2, 0) is 4.79 Å². The van der Waals surface area contributed by atoms with Crippen molar-refractivity contribution in [1.82, 2.24) is 0 Å². The molecule has 2 rings (SSSR count). The molecule has 1 N–H and O–H groups in total. The molecule has 4 nitrogen and oxygen atoms in total. The van der Waals surface area contributed by atoms with Crippen molar-refractivity contribution in [2.45, 2.75) is 46.0 Å². The molecule has 114 valence electrons. The Kier molecular flexibility index (Phi) is 5.37. The molecule has 0 spiro atoms. The first-order valence-corrected chi connectivity index (χ1v) is 7.87. The van der Waals surface area contributed by atoms with Gasteiger partial charge in [-0.15, -0.1) is 0 Å². The van der Waals surface area contributed by atoms with E-state index in [2.05, 4.69) is 10.2 Å². The van der Waals surface area contributed by atoms with Crippen molar-refractivity contribution in [3.63, 3.8) is 0 Å².